The van der Waals surface area contributed by atoms with Crippen LogP contribution in [-0.2, 0) is 0 Å². The minimum absolute atomic E-state index is 0.0818. The first-order valence-corrected chi connectivity index (χ1v) is 11.0. The largest absolute Gasteiger partial charge is 0.497 e. The maximum atomic E-state index is 13.2. The summed E-state index contributed by atoms with van der Waals surface area (Å²) in [5.74, 6) is 2.07. The lowest BCUT2D eigenvalue weighted by Gasteiger charge is -2.19. The van der Waals surface area contributed by atoms with Crippen LogP contribution in [0, 0.1) is 6.92 Å². The number of methoxy groups -OCH3 is 1. The fraction of sp³-hybridized carbons (Fsp3) is 0.0714. The molecule has 34 heavy (non-hydrogen) atoms. The number of ether oxygens (including phenoxy) is 1. The van der Waals surface area contributed by atoms with E-state index in [9.17, 15) is 4.79 Å². The number of rotatable bonds is 6. The van der Waals surface area contributed by atoms with Gasteiger partial charge in [0, 0.05) is 23.1 Å². The Kier molecular flexibility index (Phi) is 5.70. The van der Waals surface area contributed by atoms with Gasteiger partial charge in [-0.15, -0.1) is 0 Å². The minimum Gasteiger partial charge on any atom is -0.497 e. The second kappa shape index (κ2) is 9.11. The maximum Gasteiger partial charge on any atom is 0.193 e. The van der Waals surface area contributed by atoms with E-state index in [0.29, 0.717) is 22.7 Å². The smallest absolute Gasteiger partial charge is 0.193 e. The average molecular weight is 449 g/mol. The fourth-order valence-electron chi connectivity index (χ4n) is 3.98. The Labute approximate surface area is 197 Å². The van der Waals surface area contributed by atoms with Crippen LogP contribution < -0.4 is 20.8 Å². The molecule has 3 aromatic carbocycles. The number of aryl methyl sites for hydroxylation is 1. The summed E-state index contributed by atoms with van der Waals surface area (Å²) in [6.45, 7) is 1.93. The van der Waals surface area contributed by atoms with Crippen LogP contribution in [0.4, 0.5) is 23.0 Å². The number of benzene rings is 3. The molecule has 0 atom stereocenters. The first kappa shape index (κ1) is 21.3. The first-order valence-electron chi connectivity index (χ1n) is 11.0. The van der Waals surface area contributed by atoms with Gasteiger partial charge >= 0.3 is 0 Å². The summed E-state index contributed by atoms with van der Waals surface area (Å²) in [4.78, 5) is 18.1. The third-order valence-corrected chi connectivity index (χ3v) is 5.59. The molecule has 0 aliphatic carbocycles. The fourth-order valence-corrected chi connectivity index (χ4v) is 3.98. The summed E-state index contributed by atoms with van der Waals surface area (Å²) in [7, 11) is 1.64. The zero-order valence-corrected chi connectivity index (χ0v) is 18.9. The van der Waals surface area contributed by atoms with E-state index in [1.54, 1.807) is 13.2 Å². The van der Waals surface area contributed by atoms with E-state index >= 15 is 0 Å². The number of hydrogen-bond acceptors (Lipinski definition) is 5. The number of nitrogens with one attached hydrogen (secondary N) is 2. The van der Waals surface area contributed by atoms with E-state index < -0.39 is 0 Å². The molecule has 2 N–H and O–H groups in total. The Hall–Kier alpha value is -4.58. The Morgan fingerprint density at radius 1 is 0.794 bits per heavy atom. The second-order valence-electron chi connectivity index (χ2n) is 7.93. The predicted molar refractivity (Wildman–Crippen MR) is 138 cm³/mol. The van der Waals surface area contributed by atoms with E-state index in [-0.39, 0.29) is 5.43 Å². The topological polar surface area (TPSA) is 68.2 Å². The third kappa shape index (κ3) is 4.21. The van der Waals surface area contributed by atoms with E-state index in [0.717, 1.165) is 28.4 Å². The van der Waals surface area contributed by atoms with Gasteiger partial charge in [0.15, 0.2) is 11.1 Å². The number of hydrogen-bond donors (Lipinski definition) is 2. The van der Waals surface area contributed by atoms with Crippen molar-refractivity contribution >= 4 is 34.0 Å². The molecule has 0 spiro atoms. The molecule has 5 aromatic rings. The molecule has 6 heteroatoms. The summed E-state index contributed by atoms with van der Waals surface area (Å²) < 4.78 is 7.23. The number of pyridine rings is 2. The summed E-state index contributed by atoms with van der Waals surface area (Å²) >= 11 is 0. The van der Waals surface area contributed by atoms with E-state index in [1.807, 2.05) is 102 Å². The van der Waals surface area contributed by atoms with Crippen molar-refractivity contribution in [3.05, 3.63) is 113 Å². The molecule has 168 valence electrons. The van der Waals surface area contributed by atoms with E-state index in [2.05, 4.69) is 10.6 Å². The molecule has 0 saturated carbocycles. The Morgan fingerprint density at radius 3 is 2.12 bits per heavy atom. The van der Waals surface area contributed by atoms with E-state index in [1.165, 1.54) is 0 Å². The lowest BCUT2D eigenvalue weighted by Crippen LogP contribution is -2.15. The van der Waals surface area contributed by atoms with Crippen molar-refractivity contribution in [2.45, 2.75) is 6.92 Å². The number of aromatic nitrogens is 2. The quantitative estimate of drug-likeness (QED) is 0.324. The molecule has 0 radical (unpaired) electrons. The van der Waals surface area contributed by atoms with Crippen LogP contribution in [0.25, 0.3) is 16.7 Å². The van der Waals surface area contributed by atoms with Crippen LogP contribution in [-0.4, -0.2) is 16.7 Å². The predicted octanol–water partition coefficient (Wildman–Crippen LogP) is 6.19. The molecular weight excluding hydrogens is 424 g/mol. The van der Waals surface area contributed by atoms with Crippen molar-refractivity contribution in [1.29, 1.82) is 0 Å². The molecule has 0 aliphatic heterocycles. The van der Waals surface area contributed by atoms with Gasteiger partial charge in [-0.2, -0.15) is 0 Å². The van der Waals surface area contributed by atoms with Crippen molar-refractivity contribution in [1.82, 2.24) is 9.55 Å². The number of fused-ring (bicyclic) bond motifs is 1. The maximum absolute atomic E-state index is 13.2. The van der Waals surface area contributed by atoms with Crippen LogP contribution >= 0.6 is 0 Å². The molecule has 2 heterocycles. The minimum atomic E-state index is -0.0818. The van der Waals surface area contributed by atoms with Crippen LogP contribution in [0.15, 0.2) is 102 Å². The summed E-state index contributed by atoms with van der Waals surface area (Å²) in [5, 5.41) is 7.33. The van der Waals surface area contributed by atoms with Gasteiger partial charge in [0.2, 0.25) is 0 Å². The van der Waals surface area contributed by atoms with Gasteiger partial charge in [-0.25, -0.2) is 4.98 Å². The van der Waals surface area contributed by atoms with Crippen LogP contribution in [0.1, 0.15) is 5.56 Å². The van der Waals surface area contributed by atoms with Crippen LogP contribution in [0.3, 0.4) is 0 Å². The van der Waals surface area contributed by atoms with Gasteiger partial charge in [0.25, 0.3) is 0 Å². The lowest BCUT2D eigenvalue weighted by molar-refractivity contribution is 0.415. The van der Waals surface area contributed by atoms with Crippen molar-refractivity contribution < 1.29 is 4.74 Å². The molecular formula is C28H24N4O2. The molecule has 0 saturated heterocycles. The highest BCUT2D eigenvalue weighted by Gasteiger charge is 2.16. The van der Waals surface area contributed by atoms with Gasteiger partial charge < -0.3 is 15.4 Å². The van der Waals surface area contributed by atoms with Crippen molar-refractivity contribution in [3.63, 3.8) is 0 Å². The molecule has 0 bridgehead atoms. The molecule has 0 fully saturated rings. The Balaban J connectivity index is 1.70. The highest BCUT2D eigenvalue weighted by atomic mass is 16.5. The molecule has 6 nitrogen and oxygen atoms in total. The number of para-hydroxylation sites is 2. The number of anilines is 4. The van der Waals surface area contributed by atoms with Crippen molar-refractivity contribution in [2.75, 3.05) is 17.7 Å². The van der Waals surface area contributed by atoms with Gasteiger partial charge in [-0.05, 0) is 67.1 Å². The monoisotopic (exact) mass is 448 g/mol. The highest BCUT2D eigenvalue weighted by Crippen LogP contribution is 2.28. The third-order valence-electron chi connectivity index (χ3n) is 5.59. The SMILES string of the molecule is COc1ccc(Nc2cc(C)c3c(=O)cc(Nc4ccccc4)n(-c4ccccc4)c3n2)cc1. The second-order valence-corrected chi connectivity index (χ2v) is 7.93. The van der Waals surface area contributed by atoms with Gasteiger partial charge in [0.1, 0.15) is 17.4 Å². The Morgan fingerprint density at radius 2 is 1.44 bits per heavy atom. The zero-order chi connectivity index (χ0) is 23.5. The van der Waals surface area contributed by atoms with Crippen molar-refractivity contribution in [3.8, 4) is 11.4 Å². The molecule has 0 amide bonds. The molecule has 0 aliphatic rings. The van der Waals surface area contributed by atoms with Crippen LogP contribution in [0.2, 0.25) is 0 Å². The Bertz CT molecular complexity index is 1500. The summed E-state index contributed by atoms with van der Waals surface area (Å²) in [6, 6.07) is 30.9. The van der Waals surface area contributed by atoms with E-state index in [4.69, 9.17) is 9.72 Å². The average Bonchev–Trinajstić information content (AvgIpc) is 2.85. The summed E-state index contributed by atoms with van der Waals surface area (Å²) in [6.07, 6.45) is 0. The van der Waals surface area contributed by atoms with Crippen molar-refractivity contribution in [2.24, 2.45) is 0 Å². The summed E-state index contributed by atoms with van der Waals surface area (Å²) in [5.41, 5.74) is 4.01. The van der Waals surface area contributed by atoms with Gasteiger partial charge in [-0.1, -0.05) is 36.4 Å². The zero-order valence-electron chi connectivity index (χ0n) is 18.9. The lowest BCUT2D eigenvalue weighted by atomic mass is 10.1. The molecule has 0 unspecified atom stereocenters. The standard InChI is InChI=1S/C28H24N4O2/c1-19-17-25(29-21-13-15-23(34-2)16-14-21)31-28-27(19)24(33)18-26(30-20-9-5-3-6-10-20)32(28)22-11-7-4-8-12-22/h3-18,30H,1-2H3,(H,29,31). The molecule has 2 aromatic heterocycles. The first-order chi connectivity index (χ1) is 16.6. The normalized spacial score (nSPS) is 10.8. The van der Waals surface area contributed by atoms with Gasteiger partial charge in [0.05, 0.1) is 12.5 Å². The highest BCUT2D eigenvalue weighted by molar-refractivity contribution is 5.85. The van der Waals surface area contributed by atoms with Gasteiger partial charge in [-0.3, -0.25) is 9.36 Å². The van der Waals surface area contributed by atoms with Crippen LogP contribution in [0.5, 0.6) is 5.75 Å². The number of nitrogens with zero attached hydrogens (tertiary/aromatic N) is 2. The molecule has 5 rings (SSSR count).